The van der Waals surface area contributed by atoms with Crippen LogP contribution in [-0.2, 0) is 10.0 Å². The number of amides is 1. The average Bonchev–Trinajstić information content (AvgIpc) is 2.54. The van der Waals surface area contributed by atoms with E-state index in [4.69, 9.17) is 0 Å². The van der Waals surface area contributed by atoms with E-state index in [1.807, 2.05) is 45.0 Å². The Morgan fingerprint density at radius 2 is 1.68 bits per heavy atom. The van der Waals surface area contributed by atoms with Crippen molar-refractivity contribution in [3.05, 3.63) is 64.7 Å². The fraction of sp³-hybridized carbons (Fsp3) is 0.316. The summed E-state index contributed by atoms with van der Waals surface area (Å²) in [6, 6.07) is 12.9. The van der Waals surface area contributed by atoms with E-state index in [1.54, 1.807) is 18.2 Å². The summed E-state index contributed by atoms with van der Waals surface area (Å²) >= 11 is 0. The summed E-state index contributed by atoms with van der Waals surface area (Å²) in [6.07, 6.45) is 1.14. The lowest BCUT2D eigenvalue weighted by molar-refractivity contribution is 0.0940. The fourth-order valence-electron chi connectivity index (χ4n) is 2.49. The van der Waals surface area contributed by atoms with Crippen molar-refractivity contribution in [3.63, 3.8) is 0 Å². The summed E-state index contributed by atoms with van der Waals surface area (Å²) in [7, 11) is -1.91. The van der Waals surface area contributed by atoms with E-state index in [0.29, 0.717) is 11.3 Å². The van der Waals surface area contributed by atoms with Crippen molar-refractivity contribution in [1.29, 1.82) is 0 Å². The Labute approximate surface area is 149 Å². The molecule has 0 spiro atoms. The number of benzene rings is 2. The summed E-state index contributed by atoms with van der Waals surface area (Å²) in [5.74, 6) is -0.240. The highest BCUT2D eigenvalue weighted by Crippen LogP contribution is 2.23. The lowest BCUT2D eigenvalue weighted by Gasteiger charge is -2.20. The molecule has 0 saturated carbocycles. The second kappa shape index (κ2) is 7.27. The van der Waals surface area contributed by atoms with Crippen LogP contribution in [-0.4, -0.2) is 27.6 Å². The van der Waals surface area contributed by atoms with E-state index in [1.165, 1.54) is 11.4 Å². The van der Waals surface area contributed by atoms with Gasteiger partial charge in [0.1, 0.15) is 0 Å². The van der Waals surface area contributed by atoms with Gasteiger partial charge in [0.2, 0.25) is 10.0 Å². The maximum Gasteiger partial charge on any atom is 0.251 e. The average molecular weight is 360 g/mol. The topological polar surface area (TPSA) is 66.5 Å². The van der Waals surface area contributed by atoms with Crippen LogP contribution >= 0.6 is 0 Å². The van der Waals surface area contributed by atoms with Gasteiger partial charge in [0.25, 0.3) is 5.91 Å². The van der Waals surface area contributed by atoms with Crippen LogP contribution < -0.4 is 9.62 Å². The van der Waals surface area contributed by atoms with Crippen molar-refractivity contribution in [2.24, 2.45) is 0 Å². The number of nitrogens with zero attached hydrogens (tertiary/aromatic N) is 1. The third kappa shape index (κ3) is 4.60. The van der Waals surface area contributed by atoms with Crippen molar-refractivity contribution in [3.8, 4) is 0 Å². The molecular weight excluding hydrogens is 336 g/mol. The number of anilines is 1. The van der Waals surface area contributed by atoms with Crippen LogP contribution in [0.1, 0.15) is 40.0 Å². The van der Waals surface area contributed by atoms with Gasteiger partial charge >= 0.3 is 0 Å². The van der Waals surface area contributed by atoms with E-state index in [-0.39, 0.29) is 11.9 Å². The summed E-state index contributed by atoms with van der Waals surface area (Å²) < 4.78 is 24.7. The Kier molecular flexibility index (Phi) is 5.52. The molecule has 0 fully saturated rings. The quantitative estimate of drug-likeness (QED) is 0.890. The van der Waals surface area contributed by atoms with E-state index in [9.17, 15) is 13.2 Å². The first kappa shape index (κ1) is 19.0. The minimum atomic E-state index is -3.39. The molecule has 0 heterocycles. The highest BCUT2D eigenvalue weighted by Gasteiger charge is 2.17. The number of rotatable bonds is 5. The Morgan fingerprint density at radius 1 is 1.08 bits per heavy atom. The van der Waals surface area contributed by atoms with Crippen LogP contribution in [0.2, 0.25) is 0 Å². The summed E-state index contributed by atoms with van der Waals surface area (Å²) in [4.78, 5) is 12.6. The number of nitrogens with one attached hydrogen (secondary N) is 1. The molecule has 1 atom stereocenters. The zero-order valence-corrected chi connectivity index (χ0v) is 16.0. The second-order valence-electron chi connectivity index (χ2n) is 6.34. The third-order valence-corrected chi connectivity index (χ3v) is 5.42. The highest BCUT2D eigenvalue weighted by molar-refractivity contribution is 7.92. The fourth-order valence-corrected chi connectivity index (χ4v) is 3.04. The van der Waals surface area contributed by atoms with Crippen molar-refractivity contribution in [1.82, 2.24) is 5.32 Å². The van der Waals surface area contributed by atoms with Crippen LogP contribution in [0, 0.1) is 13.8 Å². The third-order valence-electron chi connectivity index (χ3n) is 4.23. The van der Waals surface area contributed by atoms with Gasteiger partial charge in [-0.15, -0.1) is 0 Å². The molecule has 25 heavy (non-hydrogen) atoms. The molecule has 1 N–H and O–H groups in total. The molecular formula is C19H24N2O3S. The molecule has 2 aromatic rings. The van der Waals surface area contributed by atoms with Gasteiger partial charge in [-0.05, 0) is 44.0 Å². The van der Waals surface area contributed by atoms with Crippen molar-refractivity contribution >= 4 is 21.6 Å². The van der Waals surface area contributed by atoms with Gasteiger partial charge in [-0.3, -0.25) is 9.10 Å². The molecule has 0 radical (unpaired) electrons. The highest BCUT2D eigenvalue weighted by atomic mass is 32.2. The van der Waals surface area contributed by atoms with Crippen molar-refractivity contribution in [2.75, 3.05) is 17.6 Å². The van der Waals surface area contributed by atoms with Gasteiger partial charge in [-0.25, -0.2) is 8.42 Å². The maximum absolute atomic E-state index is 12.6. The molecule has 0 aromatic heterocycles. The molecule has 2 aromatic carbocycles. The zero-order valence-electron chi connectivity index (χ0n) is 15.2. The Balaban J connectivity index is 2.23. The van der Waals surface area contributed by atoms with Gasteiger partial charge < -0.3 is 5.32 Å². The SMILES string of the molecule is Cc1ccc([C@@H](C)NC(=O)c2ccc(C)c(N(C)S(C)(=O)=O)c2)cc1. The van der Waals surface area contributed by atoms with E-state index in [2.05, 4.69) is 5.32 Å². The molecule has 5 nitrogen and oxygen atoms in total. The van der Waals surface area contributed by atoms with Crippen LogP contribution in [0.3, 0.4) is 0 Å². The first-order valence-electron chi connectivity index (χ1n) is 8.01. The normalized spacial score (nSPS) is 12.5. The second-order valence-corrected chi connectivity index (χ2v) is 8.35. The van der Waals surface area contributed by atoms with E-state index >= 15 is 0 Å². The number of carbonyl (C=O) groups is 1. The van der Waals surface area contributed by atoms with Gasteiger partial charge in [-0.2, -0.15) is 0 Å². The number of sulfonamides is 1. The zero-order chi connectivity index (χ0) is 18.8. The lowest BCUT2D eigenvalue weighted by Crippen LogP contribution is -2.28. The number of carbonyl (C=O) groups excluding carboxylic acids is 1. The van der Waals surface area contributed by atoms with Gasteiger partial charge in [0.05, 0.1) is 18.0 Å². The van der Waals surface area contributed by atoms with Crippen LogP contribution in [0.25, 0.3) is 0 Å². The minimum absolute atomic E-state index is 0.148. The van der Waals surface area contributed by atoms with Gasteiger partial charge in [0, 0.05) is 12.6 Å². The van der Waals surface area contributed by atoms with Crippen LogP contribution in [0.4, 0.5) is 5.69 Å². The van der Waals surface area contributed by atoms with Gasteiger partial charge in [0.15, 0.2) is 0 Å². The summed E-state index contributed by atoms with van der Waals surface area (Å²) in [6.45, 7) is 5.74. The van der Waals surface area contributed by atoms with Crippen molar-refractivity contribution in [2.45, 2.75) is 26.8 Å². The van der Waals surface area contributed by atoms with E-state index < -0.39 is 10.0 Å². The molecule has 0 aliphatic rings. The Hall–Kier alpha value is -2.34. The molecule has 0 aliphatic carbocycles. The molecule has 1 amide bonds. The minimum Gasteiger partial charge on any atom is -0.346 e. The predicted octanol–water partition coefficient (Wildman–Crippen LogP) is 3.19. The molecule has 134 valence electrons. The van der Waals surface area contributed by atoms with Crippen molar-refractivity contribution < 1.29 is 13.2 Å². The van der Waals surface area contributed by atoms with Crippen LogP contribution in [0.15, 0.2) is 42.5 Å². The Bertz CT molecular complexity index is 874. The maximum atomic E-state index is 12.6. The number of hydrogen-bond acceptors (Lipinski definition) is 3. The summed E-state index contributed by atoms with van der Waals surface area (Å²) in [5.41, 5.74) is 3.89. The summed E-state index contributed by atoms with van der Waals surface area (Å²) in [5, 5.41) is 2.95. The molecule has 2 rings (SSSR count). The van der Waals surface area contributed by atoms with E-state index in [0.717, 1.165) is 22.9 Å². The Morgan fingerprint density at radius 3 is 2.24 bits per heavy atom. The molecule has 0 bridgehead atoms. The molecule has 0 aliphatic heterocycles. The first-order chi connectivity index (χ1) is 11.6. The molecule has 6 heteroatoms. The monoisotopic (exact) mass is 360 g/mol. The lowest BCUT2D eigenvalue weighted by atomic mass is 10.1. The number of aryl methyl sites for hydroxylation is 2. The molecule has 0 saturated heterocycles. The van der Waals surface area contributed by atoms with Gasteiger partial charge in [-0.1, -0.05) is 35.9 Å². The standard InChI is InChI=1S/C19H24N2O3S/c1-13-6-9-16(10-7-13)15(3)20-19(22)17-11-8-14(2)18(12-17)21(4)25(5,23)24/h6-12,15H,1-5H3,(H,20,22)/t15-/m1/s1. The first-order valence-corrected chi connectivity index (χ1v) is 9.86. The predicted molar refractivity (Wildman–Crippen MR) is 101 cm³/mol. The van der Waals surface area contributed by atoms with Crippen LogP contribution in [0.5, 0.6) is 0 Å². The smallest absolute Gasteiger partial charge is 0.251 e. The number of hydrogen-bond donors (Lipinski definition) is 1. The largest absolute Gasteiger partial charge is 0.346 e. The molecule has 0 unspecified atom stereocenters.